The quantitative estimate of drug-likeness (QED) is 0.387. The number of anilines is 1. The standard InChI is InChI=1S/C26H30N4O5/c1-4-30(5-2)25(33)18-9-8-10-20(13-18)29-24(32)16-35-26(34)23(28-17(3)31)14-19-15-27-22-12-7-6-11-21(19)22/h6-13,15,23,27H,4-5,14,16H2,1-3H3,(H,28,31)(H,29,32)/t23-/m0/s1. The number of ether oxygens (including phenoxy) is 1. The first-order valence-corrected chi connectivity index (χ1v) is 11.5. The van der Waals surface area contributed by atoms with E-state index in [2.05, 4.69) is 15.6 Å². The minimum absolute atomic E-state index is 0.132. The van der Waals surface area contributed by atoms with Gasteiger partial charge in [0.2, 0.25) is 5.91 Å². The van der Waals surface area contributed by atoms with Crippen molar-refractivity contribution in [3.05, 3.63) is 65.9 Å². The van der Waals surface area contributed by atoms with Gasteiger partial charge in [-0.3, -0.25) is 14.4 Å². The lowest BCUT2D eigenvalue weighted by atomic mass is 10.0. The molecule has 35 heavy (non-hydrogen) atoms. The Morgan fingerprint density at radius 1 is 1.03 bits per heavy atom. The highest BCUT2D eigenvalue weighted by atomic mass is 16.5. The van der Waals surface area contributed by atoms with Crippen molar-refractivity contribution in [1.82, 2.24) is 15.2 Å². The van der Waals surface area contributed by atoms with Crippen LogP contribution in [0.1, 0.15) is 36.7 Å². The second kappa shape index (κ2) is 11.8. The fraction of sp³-hybridized carbons (Fsp3) is 0.308. The molecule has 3 aromatic rings. The molecule has 0 saturated carbocycles. The first-order valence-electron chi connectivity index (χ1n) is 11.5. The molecule has 0 saturated heterocycles. The molecule has 0 fully saturated rings. The number of aromatic nitrogens is 1. The Hall–Kier alpha value is -4.14. The molecule has 9 nitrogen and oxygen atoms in total. The molecule has 0 radical (unpaired) electrons. The number of esters is 1. The second-order valence-electron chi connectivity index (χ2n) is 8.03. The smallest absolute Gasteiger partial charge is 0.329 e. The van der Waals surface area contributed by atoms with Gasteiger partial charge in [0, 0.05) is 54.8 Å². The average Bonchev–Trinajstić information content (AvgIpc) is 3.25. The molecule has 3 rings (SSSR count). The van der Waals surface area contributed by atoms with E-state index in [0.29, 0.717) is 24.3 Å². The Balaban J connectivity index is 1.61. The first kappa shape index (κ1) is 25.5. The summed E-state index contributed by atoms with van der Waals surface area (Å²) in [6.45, 7) is 5.74. The summed E-state index contributed by atoms with van der Waals surface area (Å²) in [6.07, 6.45) is 1.99. The lowest BCUT2D eigenvalue weighted by molar-refractivity contribution is -0.150. The number of para-hydroxylation sites is 1. The largest absolute Gasteiger partial charge is 0.454 e. The minimum atomic E-state index is -0.950. The molecule has 0 aliphatic rings. The Labute approximate surface area is 203 Å². The first-order chi connectivity index (χ1) is 16.8. The topological polar surface area (TPSA) is 121 Å². The summed E-state index contributed by atoms with van der Waals surface area (Å²) < 4.78 is 5.20. The van der Waals surface area contributed by atoms with Crippen molar-refractivity contribution in [3.8, 4) is 0 Å². The highest BCUT2D eigenvalue weighted by molar-refractivity contribution is 5.98. The summed E-state index contributed by atoms with van der Waals surface area (Å²) in [5.41, 5.74) is 2.63. The van der Waals surface area contributed by atoms with Gasteiger partial charge in [-0.2, -0.15) is 0 Å². The number of carbonyl (C=O) groups excluding carboxylic acids is 4. The molecule has 0 bridgehead atoms. The molecule has 0 aliphatic heterocycles. The summed E-state index contributed by atoms with van der Waals surface area (Å²) in [7, 11) is 0. The van der Waals surface area contributed by atoms with Gasteiger partial charge in [-0.1, -0.05) is 24.3 Å². The van der Waals surface area contributed by atoms with Crippen molar-refractivity contribution in [2.24, 2.45) is 0 Å². The number of hydrogen-bond donors (Lipinski definition) is 3. The van der Waals surface area contributed by atoms with E-state index in [4.69, 9.17) is 4.74 Å². The van der Waals surface area contributed by atoms with E-state index in [-0.39, 0.29) is 18.2 Å². The van der Waals surface area contributed by atoms with Crippen LogP contribution in [-0.2, 0) is 25.5 Å². The number of hydrogen-bond acceptors (Lipinski definition) is 5. The molecular formula is C26H30N4O5. The van der Waals surface area contributed by atoms with Crippen molar-refractivity contribution in [2.75, 3.05) is 25.0 Å². The van der Waals surface area contributed by atoms with Gasteiger partial charge < -0.3 is 25.3 Å². The summed E-state index contributed by atoms with van der Waals surface area (Å²) >= 11 is 0. The zero-order valence-corrected chi connectivity index (χ0v) is 20.1. The molecule has 0 spiro atoms. The molecule has 1 aromatic heterocycles. The highest BCUT2D eigenvalue weighted by Gasteiger charge is 2.24. The number of benzene rings is 2. The van der Waals surface area contributed by atoms with Crippen LogP contribution < -0.4 is 10.6 Å². The van der Waals surface area contributed by atoms with E-state index in [1.807, 2.05) is 38.1 Å². The second-order valence-corrected chi connectivity index (χ2v) is 8.03. The van der Waals surface area contributed by atoms with E-state index >= 15 is 0 Å². The van der Waals surface area contributed by atoms with Crippen LogP contribution in [0.5, 0.6) is 0 Å². The maximum atomic E-state index is 12.7. The van der Waals surface area contributed by atoms with Gasteiger partial charge >= 0.3 is 5.97 Å². The maximum absolute atomic E-state index is 12.7. The van der Waals surface area contributed by atoms with E-state index in [1.54, 1.807) is 35.4 Å². The third kappa shape index (κ3) is 6.69. The van der Waals surface area contributed by atoms with E-state index in [0.717, 1.165) is 16.5 Å². The van der Waals surface area contributed by atoms with E-state index in [9.17, 15) is 19.2 Å². The molecule has 1 atom stereocenters. The predicted octanol–water partition coefficient (Wildman–Crippen LogP) is 2.88. The number of fused-ring (bicyclic) bond motifs is 1. The normalized spacial score (nSPS) is 11.5. The van der Waals surface area contributed by atoms with Crippen LogP contribution in [0.15, 0.2) is 54.7 Å². The lowest BCUT2D eigenvalue weighted by Gasteiger charge is -2.19. The average molecular weight is 479 g/mol. The van der Waals surface area contributed by atoms with Gasteiger partial charge in [0.25, 0.3) is 11.8 Å². The lowest BCUT2D eigenvalue weighted by Crippen LogP contribution is -2.43. The van der Waals surface area contributed by atoms with Gasteiger partial charge in [0.05, 0.1) is 0 Å². The van der Waals surface area contributed by atoms with Gasteiger partial charge in [0.1, 0.15) is 6.04 Å². The fourth-order valence-electron chi connectivity index (χ4n) is 3.82. The molecule has 3 N–H and O–H groups in total. The Morgan fingerprint density at radius 3 is 2.49 bits per heavy atom. The summed E-state index contributed by atoms with van der Waals surface area (Å²) in [6, 6.07) is 13.3. The van der Waals surface area contributed by atoms with Crippen LogP contribution in [0.4, 0.5) is 5.69 Å². The monoisotopic (exact) mass is 478 g/mol. The number of carbonyl (C=O) groups is 4. The summed E-state index contributed by atoms with van der Waals surface area (Å²) in [4.78, 5) is 54.1. The summed E-state index contributed by atoms with van der Waals surface area (Å²) in [5, 5.41) is 6.17. The van der Waals surface area contributed by atoms with Gasteiger partial charge in [0.15, 0.2) is 6.61 Å². The molecule has 0 aliphatic carbocycles. The molecule has 9 heteroatoms. The van der Waals surface area contributed by atoms with Gasteiger partial charge in [-0.05, 0) is 43.7 Å². The van der Waals surface area contributed by atoms with Crippen molar-refractivity contribution >= 4 is 40.3 Å². The fourth-order valence-corrected chi connectivity index (χ4v) is 3.82. The van der Waals surface area contributed by atoms with Gasteiger partial charge in [-0.25, -0.2) is 4.79 Å². The van der Waals surface area contributed by atoms with Crippen LogP contribution in [0.25, 0.3) is 10.9 Å². The van der Waals surface area contributed by atoms with Crippen LogP contribution in [0.2, 0.25) is 0 Å². The molecule has 1 heterocycles. The van der Waals surface area contributed by atoms with Crippen molar-refractivity contribution in [3.63, 3.8) is 0 Å². The van der Waals surface area contributed by atoms with Crippen molar-refractivity contribution in [1.29, 1.82) is 0 Å². The third-order valence-electron chi connectivity index (χ3n) is 5.55. The number of nitrogens with zero attached hydrogens (tertiary/aromatic N) is 1. The van der Waals surface area contributed by atoms with Crippen molar-refractivity contribution < 1.29 is 23.9 Å². The van der Waals surface area contributed by atoms with E-state index < -0.39 is 24.5 Å². The number of nitrogens with one attached hydrogen (secondary N) is 3. The zero-order chi connectivity index (χ0) is 25.4. The Kier molecular flexibility index (Phi) is 8.61. The zero-order valence-electron chi connectivity index (χ0n) is 20.1. The molecule has 2 aromatic carbocycles. The van der Waals surface area contributed by atoms with Crippen LogP contribution >= 0.6 is 0 Å². The van der Waals surface area contributed by atoms with Crippen LogP contribution in [-0.4, -0.2) is 59.3 Å². The SMILES string of the molecule is CCN(CC)C(=O)c1cccc(NC(=O)COC(=O)[C@H](Cc2c[nH]c3ccccc23)NC(C)=O)c1. The maximum Gasteiger partial charge on any atom is 0.329 e. The van der Waals surface area contributed by atoms with Crippen LogP contribution in [0, 0.1) is 0 Å². The summed E-state index contributed by atoms with van der Waals surface area (Å²) in [5.74, 6) is -1.79. The molecule has 0 unspecified atom stereocenters. The van der Waals surface area contributed by atoms with Crippen LogP contribution in [0.3, 0.4) is 0 Å². The number of H-pyrrole nitrogens is 1. The predicted molar refractivity (Wildman–Crippen MR) is 133 cm³/mol. The minimum Gasteiger partial charge on any atom is -0.454 e. The van der Waals surface area contributed by atoms with Crippen molar-refractivity contribution in [2.45, 2.75) is 33.2 Å². The number of amides is 3. The number of rotatable bonds is 10. The molecular weight excluding hydrogens is 448 g/mol. The Bertz CT molecular complexity index is 1220. The van der Waals surface area contributed by atoms with Gasteiger partial charge in [-0.15, -0.1) is 0 Å². The Morgan fingerprint density at radius 2 is 1.77 bits per heavy atom. The van der Waals surface area contributed by atoms with E-state index in [1.165, 1.54) is 6.92 Å². The third-order valence-corrected chi connectivity index (χ3v) is 5.55. The highest BCUT2D eigenvalue weighted by Crippen LogP contribution is 2.19. The number of aromatic amines is 1. The molecule has 3 amide bonds. The molecule has 184 valence electrons.